The Kier molecular flexibility index (Phi) is 5.25. The lowest BCUT2D eigenvalue weighted by atomic mass is 9.76. The van der Waals surface area contributed by atoms with E-state index in [4.69, 9.17) is 4.42 Å². The highest BCUT2D eigenvalue weighted by atomic mass is 16.4. The van der Waals surface area contributed by atoms with Crippen LogP contribution < -0.4 is 5.32 Å². The van der Waals surface area contributed by atoms with Crippen LogP contribution in [0, 0.1) is 11.3 Å². The maximum absolute atomic E-state index is 5.66. The molecule has 2 atom stereocenters. The molecular formula is C17H30N2O. The fourth-order valence-electron chi connectivity index (χ4n) is 3.20. The molecule has 0 saturated heterocycles. The first-order valence-electron chi connectivity index (χ1n) is 8.16. The van der Waals surface area contributed by atoms with E-state index in [0.29, 0.717) is 11.5 Å². The number of nitrogens with zero attached hydrogens (tertiary/aromatic N) is 1. The zero-order valence-corrected chi connectivity index (χ0v) is 13.5. The molecule has 0 radical (unpaired) electrons. The number of aryl methyl sites for hydroxylation is 1. The molecule has 3 heteroatoms. The molecule has 1 heterocycles. The van der Waals surface area contributed by atoms with Gasteiger partial charge in [0, 0.05) is 12.5 Å². The Bertz CT molecular complexity index is 405. The van der Waals surface area contributed by atoms with E-state index in [1.54, 1.807) is 0 Å². The van der Waals surface area contributed by atoms with Crippen LogP contribution in [0.15, 0.2) is 10.6 Å². The standard InChI is InChI=1S/C17H30N2O/c1-5-15-11-19-16(20-15)12-18-14-8-6-7-13(9-10-14)17(2,3)4/h11,13-14,18H,5-10,12H2,1-4H3. The monoisotopic (exact) mass is 278 g/mol. The lowest BCUT2D eigenvalue weighted by Gasteiger charge is -2.29. The van der Waals surface area contributed by atoms with E-state index in [0.717, 1.165) is 30.5 Å². The van der Waals surface area contributed by atoms with E-state index in [-0.39, 0.29) is 0 Å². The Morgan fingerprint density at radius 3 is 2.70 bits per heavy atom. The molecule has 1 aliphatic rings. The highest BCUT2D eigenvalue weighted by molar-refractivity contribution is 4.93. The Labute approximate surface area is 123 Å². The topological polar surface area (TPSA) is 38.1 Å². The van der Waals surface area contributed by atoms with Crippen molar-refractivity contribution in [3.8, 4) is 0 Å². The maximum atomic E-state index is 5.66. The first-order valence-corrected chi connectivity index (χ1v) is 8.16. The summed E-state index contributed by atoms with van der Waals surface area (Å²) in [5.41, 5.74) is 0.452. The second-order valence-electron chi connectivity index (χ2n) is 7.22. The summed E-state index contributed by atoms with van der Waals surface area (Å²) >= 11 is 0. The van der Waals surface area contributed by atoms with E-state index in [1.165, 1.54) is 32.1 Å². The first kappa shape index (κ1) is 15.6. The van der Waals surface area contributed by atoms with Crippen molar-refractivity contribution in [2.75, 3.05) is 0 Å². The van der Waals surface area contributed by atoms with Gasteiger partial charge >= 0.3 is 0 Å². The number of aromatic nitrogens is 1. The second kappa shape index (κ2) is 6.75. The van der Waals surface area contributed by atoms with Crippen molar-refractivity contribution in [2.45, 2.75) is 78.8 Å². The summed E-state index contributed by atoms with van der Waals surface area (Å²) < 4.78 is 5.66. The van der Waals surface area contributed by atoms with Gasteiger partial charge in [0.2, 0.25) is 5.89 Å². The summed E-state index contributed by atoms with van der Waals surface area (Å²) in [6.07, 6.45) is 9.39. The molecule has 1 saturated carbocycles. The summed E-state index contributed by atoms with van der Waals surface area (Å²) in [4.78, 5) is 4.32. The molecule has 0 amide bonds. The van der Waals surface area contributed by atoms with Gasteiger partial charge in [0.05, 0.1) is 12.7 Å². The summed E-state index contributed by atoms with van der Waals surface area (Å²) in [6, 6.07) is 0.624. The van der Waals surface area contributed by atoms with Gasteiger partial charge in [0.1, 0.15) is 5.76 Å². The molecule has 1 aromatic heterocycles. The third kappa shape index (κ3) is 4.34. The van der Waals surface area contributed by atoms with Crippen molar-refractivity contribution < 1.29 is 4.42 Å². The average molecular weight is 278 g/mol. The van der Waals surface area contributed by atoms with Crippen LogP contribution in [0.5, 0.6) is 0 Å². The van der Waals surface area contributed by atoms with Crippen LogP contribution in [0.1, 0.15) is 71.5 Å². The van der Waals surface area contributed by atoms with Crippen molar-refractivity contribution in [2.24, 2.45) is 11.3 Å². The SMILES string of the molecule is CCc1cnc(CNC2CCCC(C(C)(C)C)CC2)o1. The minimum absolute atomic E-state index is 0.452. The number of rotatable bonds is 4. The molecule has 1 N–H and O–H groups in total. The molecule has 1 aromatic rings. The van der Waals surface area contributed by atoms with Crippen molar-refractivity contribution in [1.82, 2.24) is 10.3 Å². The van der Waals surface area contributed by atoms with Gasteiger partial charge in [-0.15, -0.1) is 0 Å². The van der Waals surface area contributed by atoms with Gasteiger partial charge in [-0.1, -0.05) is 34.1 Å². The molecule has 2 unspecified atom stereocenters. The Hall–Kier alpha value is -0.830. The Balaban J connectivity index is 1.79. The first-order chi connectivity index (χ1) is 9.49. The predicted octanol–water partition coefficient (Wildman–Crippen LogP) is 4.32. The van der Waals surface area contributed by atoms with Gasteiger partial charge in [-0.25, -0.2) is 4.98 Å². The molecular weight excluding hydrogens is 248 g/mol. The van der Waals surface area contributed by atoms with E-state index >= 15 is 0 Å². The van der Waals surface area contributed by atoms with Gasteiger partial charge in [-0.05, 0) is 37.0 Å². The minimum Gasteiger partial charge on any atom is -0.444 e. The van der Waals surface area contributed by atoms with Gasteiger partial charge in [-0.3, -0.25) is 0 Å². The fourth-order valence-corrected chi connectivity index (χ4v) is 3.20. The van der Waals surface area contributed by atoms with Crippen molar-refractivity contribution >= 4 is 0 Å². The highest BCUT2D eigenvalue weighted by Gasteiger charge is 2.27. The molecule has 1 aliphatic carbocycles. The number of hydrogen-bond donors (Lipinski definition) is 1. The van der Waals surface area contributed by atoms with Crippen LogP contribution in [-0.2, 0) is 13.0 Å². The van der Waals surface area contributed by atoms with E-state index in [1.807, 2.05) is 6.20 Å². The Morgan fingerprint density at radius 2 is 2.05 bits per heavy atom. The van der Waals surface area contributed by atoms with Crippen LogP contribution in [0.25, 0.3) is 0 Å². The molecule has 3 nitrogen and oxygen atoms in total. The smallest absolute Gasteiger partial charge is 0.208 e. The van der Waals surface area contributed by atoms with E-state index in [2.05, 4.69) is 38.0 Å². The summed E-state index contributed by atoms with van der Waals surface area (Å²) in [5.74, 6) is 2.68. The van der Waals surface area contributed by atoms with Crippen LogP contribution >= 0.6 is 0 Å². The Morgan fingerprint density at radius 1 is 1.25 bits per heavy atom. The summed E-state index contributed by atoms with van der Waals surface area (Å²) in [7, 11) is 0. The van der Waals surface area contributed by atoms with E-state index < -0.39 is 0 Å². The van der Waals surface area contributed by atoms with Crippen molar-refractivity contribution in [3.63, 3.8) is 0 Å². The molecule has 0 bridgehead atoms. The van der Waals surface area contributed by atoms with Gasteiger partial charge in [0.15, 0.2) is 0 Å². The molecule has 114 valence electrons. The fraction of sp³-hybridized carbons (Fsp3) is 0.824. The average Bonchev–Trinajstić information content (AvgIpc) is 2.71. The van der Waals surface area contributed by atoms with Gasteiger partial charge in [0.25, 0.3) is 0 Å². The summed E-state index contributed by atoms with van der Waals surface area (Å²) in [5, 5.41) is 3.63. The lowest BCUT2D eigenvalue weighted by molar-refractivity contribution is 0.213. The van der Waals surface area contributed by atoms with Gasteiger partial charge < -0.3 is 9.73 Å². The van der Waals surface area contributed by atoms with Crippen molar-refractivity contribution in [1.29, 1.82) is 0 Å². The maximum Gasteiger partial charge on any atom is 0.208 e. The minimum atomic E-state index is 0.452. The molecule has 0 aromatic carbocycles. The van der Waals surface area contributed by atoms with Crippen molar-refractivity contribution in [3.05, 3.63) is 17.8 Å². The number of nitrogens with one attached hydrogen (secondary N) is 1. The molecule has 2 rings (SSSR count). The largest absolute Gasteiger partial charge is 0.444 e. The number of hydrogen-bond acceptors (Lipinski definition) is 3. The van der Waals surface area contributed by atoms with Crippen LogP contribution in [0.4, 0.5) is 0 Å². The summed E-state index contributed by atoms with van der Waals surface area (Å²) in [6.45, 7) is 10.00. The zero-order chi connectivity index (χ0) is 14.6. The molecule has 20 heavy (non-hydrogen) atoms. The van der Waals surface area contributed by atoms with Gasteiger partial charge in [-0.2, -0.15) is 0 Å². The zero-order valence-electron chi connectivity index (χ0n) is 13.5. The number of oxazole rings is 1. The van der Waals surface area contributed by atoms with Crippen LogP contribution in [0.2, 0.25) is 0 Å². The normalized spacial score (nSPS) is 24.6. The second-order valence-corrected chi connectivity index (χ2v) is 7.22. The third-order valence-electron chi connectivity index (χ3n) is 4.69. The third-order valence-corrected chi connectivity index (χ3v) is 4.69. The van der Waals surface area contributed by atoms with Crippen LogP contribution in [0.3, 0.4) is 0 Å². The van der Waals surface area contributed by atoms with Crippen LogP contribution in [-0.4, -0.2) is 11.0 Å². The highest BCUT2D eigenvalue weighted by Crippen LogP contribution is 2.36. The lowest BCUT2D eigenvalue weighted by Crippen LogP contribution is -2.28. The quantitative estimate of drug-likeness (QED) is 0.833. The molecule has 0 aliphatic heterocycles. The predicted molar refractivity (Wildman–Crippen MR) is 82.5 cm³/mol. The van der Waals surface area contributed by atoms with E-state index in [9.17, 15) is 0 Å². The molecule has 0 spiro atoms. The molecule has 1 fully saturated rings.